The number of amides is 1. The van der Waals surface area contributed by atoms with E-state index >= 15 is 0 Å². The molecule has 0 saturated carbocycles. The van der Waals surface area contributed by atoms with Gasteiger partial charge < -0.3 is 16.2 Å². The minimum absolute atomic E-state index is 0.438. The molecule has 82 valence electrons. The minimum atomic E-state index is -1.11. The summed E-state index contributed by atoms with van der Waals surface area (Å²) in [6.07, 6.45) is 3.07. The molecule has 1 atom stereocenters. The predicted molar refractivity (Wildman–Crippen MR) is 50.8 cm³/mol. The number of carbonyl (C=O) groups excluding carboxylic acids is 1. The lowest BCUT2D eigenvalue weighted by molar-refractivity contribution is -0.138. The first kappa shape index (κ1) is 11.2. The van der Waals surface area contributed by atoms with Gasteiger partial charge in [-0.1, -0.05) is 0 Å². The Hall–Kier alpha value is -1.89. The van der Waals surface area contributed by atoms with Crippen LogP contribution in [0, 0.1) is 0 Å². The van der Waals surface area contributed by atoms with Gasteiger partial charge in [0.05, 0.1) is 6.20 Å². The van der Waals surface area contributed by atoms with Gasteiger partial charge in [0.15, 0.2) is 0 Å². The molecule has 0 aromatic carbocycles. The summed E-state index contributed by atoms with van der Waals surface area (Å²) in [5, 5.41) is 14.4. The van der Waals surface area contributed by atoms with Crippen molar-refractivity contribution in [3.05, 3.63) is 18.0 Å². The molecule has 0 aliphatic carbocycles. The van der Waals surface area contributed by atoms with Gasteiger partial charge in [0, 0.05) is 18.8 Å². The number of aryl methyl sites for hydroxylation is 1. The van der Waals surface area contributed by atoms with E-state index in [0.717, 1.165) is 0 Å². The molecule has 0 saturated heterocycles. The molecule has 0 bridgehead atoms. The molecule has 0 aliphatic rings. The van der Waals surface area contributed by atoms with Crippen LogP contribution in [0.5, 0.6) is 0 Å². The number of carboxylic acids is 1. The van der Waals surface area contributed by atoms with E-state index in [-0.39, 0.29) is 0 Å². The molecule has 1 unspecified atom stereocenters. The number of aliphatic carboxylic acids is 1. The predicted octanol–water partition coefficient (Wildman–Crippen LogP) is -1.38. The number of nitrogens with one attached hydrogen (secondary N) is 1. The summed E-state index contributed by atoms with van der Waals surface area (Å²) in [6, 6.07) is -0.891. The van der Waals surface area contributed by atoms with Crippen LogP contribution in [0.15, 0.2) is 12.4 Å². The van der Waals surface area contributed by atoms with Crippen molar-refractivity contribution in [2.75, 3.05) is 6.54 Å². The van der Waals surface area contributed by atoms with E-state index in [4.69, 9.17) is 10.8 Å². The molecular formula is C8H12N4O3. The zero-order valence-electron chi connectivity index (χ0n) is 8.17. The molecule has 1 aromatic heterocycles. The van der Waals surface area contributed by atoms with E-state index in [1.165, 1.54) is 10.9 Å². The summed E-state index contributed by atoms with van der Waals surface area (Å²) in [6.45, 7) is -0.438. The third kappa shape index (κ3) is 3.06. The van der Waals surface area contributed by atoms with Crippen molar-refractivity contribution in [1.29, 1.82) is 0 Å². The lowest BCUT2D eigenvalue weighted by Crippen LogP contribution is -2.36. The second kappa shape index (κ2) is 4.56. The van der Waals surface area contributed by atoms with Crippen molar-refractivity contribution in [3.8, 4) is 0 Å². The Kier molecular flexibility index (Phi) is 3.40. The van der Waals surface area contributed by atoms with Crippen molar-refractivity contribution < 1.29 is 14.7 Å². The van der Waals surface area contributed by atoms with Crippen molar-refractivity contribution in [3.63, 3.8) is 0 Å². The number of carboxylic acid groups (broad SMARTS) is 1. The van der Waals surface area contributed by atoms with Crippen molar-refractivity contribution in [2.24, 2.45) is 12.8 Å². The van der Waals surface area contributed by atoms with Gasteiger partial charge in [-0.05, 0) is 0 Å². The lowest BCUT2D eigenvalue weighted by atomic mass is 10.1. The molecule has 15 heavy (non-hydrogen) atoms. The van der Waals surface area contributed by atoms with E-state index in [2.05, 4.69) is 10.4 Å². The molecule has 0 fully saturated rings. The van der Waals surface area contributed by atoms with Crippen LogP contribution in [-0.4, -0.2) is 33.3 Å². The summed E-state index contributed by atoms with van der Waals surface area (Å²) in [5.74, 6) is -1.65. The largest absolute Gasteiger partial charge is 0.480 e. The Balaban J connectivity index is 2.56. The van der Waals surface area contributed by atoms with E-state index < -0.39 is 24.5 Å². The number of nitrogens with zero attached hydrogens (tertiary/aromatic N) is 2. The SMILES string of the molecule is Cn1cc(C(N)C(=O)NCC(=O)O)cn1. The molecule has 4 N–H and O–H groups in total. The molecule has 7 nitrogen and oxygen atoms in total. The van der Waals surface area contributed by atoms with Gasteiger partial charge in [-0.15, -0.1) is 0 Å². The first-order valence-corrected chi connectivity index (χ1v) is 4.24. The van der Waals surface area contributed by atoms with Gasteiger partial charge in [0.25, 0.3) is 0 Å². The second-order valence-corrected chi connectivity index (χ2v) is 3.04. The maximum atomic E-state index is 11.3. The number of aromatic nitrogens is 2. The normalized spacial score (nSPS) is 12.1. The summed E-state index contributed by atoms with van der Waals surface area (Å²) in [7, 11) is 1.70. The number of hydrogen-bond donors (Lipinski definition) is 3. The third-order valence-electron chi connectivity index (χ3n) is 1.78. The number of nitrogens with two attached hydrogens (primary N) is 1. The fourth-order valence-corrected chi connectivity index (χ4v) is 1.02. The quantitative estimate of drug-likeness (QED) is 0.569. The Labute approximate surface area is 85.9 Å². The minimum Gasteiger partial charge on any atom is -0.480 e. The van der Waals surface area contributed by atoms with Gasteiger partial charge >= 0.3 is 5.97 Å². The highest BCUT2D eigenvalue weighted by molar-refractivity contribution is 5.85. The molecule has 0 radical (unpaired) electrons. The standard InChI is InChI=1S/C8H12N4O3/c1-12-4-5(2-11-12)7(9)8(15)10-3-6(13)14/h2,4,7H,3,9H2,1H3,(H,10,15)(H,13,14). The highest BCUT2D eigenvalue weighted by Crippen LogP contribution is 2.07. The van der Waals surface area contributed by atoms with Gasteiger partial charge in [-0.25, -0.2) is 0 Å². The summed E-state index contributed by atoms with van der Waals surface area (Å²) in [4.78, 5) is 21.5. The second-order valence-electron chi connectivity index (χ2n) is 3.04. The zero-order chi connectivity index (χ0) is 11.4. The molecule has 0 spiro atoms. The average Bonchev–Trinajstić information content (AvgIpc) is 2.60. The third-order valence-corrected chi connectivity index (χ3v) is 1.78. The number of carbonyl (C=O) groups is 2. The molecule has 1 rings (SSSR count). The fraction of sp³-hybridized carbons (Fsp3) is 0.375. The van der Waals surface area contributed by atoms with E-state index in [9.17, 15) is 9.59 Å². The van der Waals surface area contributed by atoms with Crippen LogP contribution in [0.3, 0.4) is 0 Å². The fourth-order valence-electron chi connectivity index (χ4n) is 1.02. The van der Waals surface area contributed by atoms with Crippen molar-refractivity contribution in [2.45, 2.75) is 6.04 Å². The number of rotatable bonds is 4. The van der Waals surface area contributed by atoms with Crippen LogP contribution in [-0.2, 0) is 16.6 Å². The Morgan fingerprint density at radius 1 is 1.73 bits per heavy atom. The summed E-state index contributed by atoms with van der Waals surface area (Å²) >= 11 is 0. The van der Waals surface area contributed by atoms with Crippen molar-refractivity contribution >= 4 is 11.9 Å². The van der Waals surface area contributed by atoms with Crippen LogP contribution in [0.4, 0.5) is 0 Å². The molecule has 1 amide bonds. The van der Waals surface area contributed by atoms with E-state index in [0.29, 0.717) is 5.56 Å². The first-order valence-electron chi connectivity index (χ1n) is 4.24. The smallest absolute Gasteiger partial charge is 0.322 e. The molecule has 7 heteroatoms. The average molecular weight is 212 g/mol. The van der Waals surface area contributed by atoms with Gasteiger partial charge in [-0.3, -0.25) is 14.3 Å². The molecular weight excluding hydrogens is 200 g/mol. The van der Waals surface area contributed by atoms with Crippen LogP contribution in [0.2, 0.25) is 0 Å². The topological polar surface area (TPSA) is 110 Å². The Morgan fingerprint density at radius 3 is 2.87 bits per heavy atom. The monoisotopic (exact) mass is 212 g/mol. The zero-order valence-corrected chi connectivity index (χ0v) is 8.17. The van der Waals surface area contributed by atoms with Gasteiger partial charge in [-0.2, -0.15) is 5.10 Å². The highest BCUT2D eigenvalue weighted by Gasteiger charge is 2.17. The number of hydrogen-bond acceptors (Lipinski definition) is 4. The van der Waals surface area contributed by atoms with Gasteiger partial charge in [0.1, 0.15) is 12.6 Å². The van der Waals surface area contributed by atoms with Crippen LogP contribution < -0.4 is 11.1 Å². The Morgan fingerprint density at radius 2 is 2.40 bits per heavy atom. The van der Waals surface area contributed by atoms with E-state index in [1.807, 2.05) is 0 Å². The molecule has 0 aliphatic heterocycles. The van der Waals surface area contributed by atoms with Crippen LogP contribution >= 0.6 is 0 Å². The van der Waals surface area contributed by atoms with Gasteiger partial charge in [0.2, 0.25) is 5.91 Å². The first-order chi connectivity index (χ1) is 7.00. The van der Waals surface area contributed by atoms with Crippen molar-refractivity contribution in [1.82, 2.24) is 15.1 Å². The maximum absolute atomic E-state index is 11.3. The van der Waals surface area contributed by atoms with Crippen LogP contribution in [0.25, 0.3) is 0 Å². The lowest BCUT2D eigenvalue weighted by Gasteiger charge is -2.08. The molecule has 1 heterocycles. The highest BCUT2D eigenvalue weighted by atomic mass is 16.4. The van der Waals surface area contributed by atoms with Crippen LogP contribution in [0.1, 0.15) is 11.6 Å². The van der Waals surface area contributed by atoms with E-state index in [1.54, 1.807) is 13.2 Å². The molecule has 1 aromatic rings. The summed E-state index contributed by atoms with van der Waals surface area (Å²) < 4.78 is 1.51. The maximum Gasteiger partial charge on any atom is 0.322 e. The summed E-state index contributed by atoms with van der Waals surface area (Å²) in [5.41, 5.74) is 6.12. The Bertz CT molecular complexity index is 374.